The molecule has 0 saturated heterocycles. The molecule has 0 radical (unpaired) electrons. The molecule has 0 aromatic heterocycles. The van der Waals surface area contributed by atoms with Crippen molar-refractivity contribution in [3.8, 4) is 0 Å². The van der Waals surface area contributed by atoms with Gasteiger partial charge in [-0.25, -0.2) is 0 Å². The van der Waals surface area contributed by atoms with Crippen LogP contribution in [0.25, 0.3) is 0 Å². The Labute approximate surface area is 111 Å². The second kappa shape index (κ2) is 6.12. The van der Waals surface area contributed by atoms with E-state index >= 15 is 0 Å². The molecule has 1 aromatic rings. The van der Waals surface area contributed by atoms with Gasteiger partial charge in [-0.15, -0.1) is 0 Å². The van der Waals surface area contributed by atoms with Gasteiger partial charge in [0, 0.05) is 11.6 Å². The molecule has 0 saturated carbocycles. The number of nitrogens with two attached hydrogens (primary N) is 1. The Hall–Kier alpha value is -0.930. The van der Waals surface area contributed by atoms with E-state index in [2.05, 4.69) is 19.2 Å². The third-order valence-electron chi connectivity index (χ3n) is 2.64. The van der Waals surface area contributed by atoms with Crippen LogP contribution in [-0.4, -0.2) is 12.5 Å². The third kappa shape index (κ3) is 3.79. The number of primary amides is 1. The number of rotatable bonds is 5. The van der Waals surface area contributed by atoms with Crippen LogP contribution in [0.2, 0.25) is 10.0 Å². The molecule has 0 heterocycles. The first-order chi connectivity index (χ1) is 7.95. The van der Waals surface area contributed by atoms with Crippen molar-refractivity contribution in [3.05, 3.63) is 27.7 Å². The van der Waals surface area contributed by atoms with Gasteiger partial charge in [0.1, 0.15) is 0 Å². The summed E-state index contributed by atoms with van der Waals surface area (Å²) in [5.74, 6) is -0.0523. The highest BCUT2D eigenvalue weighted by Gasteiger charge is 2.13. The maximum Gasteiger partial charge on any atom is 0.250 e. The molecule has 3 N–H and O–H groups in total. The molecule has 0 aliphatic rings. The van der Waals surface area contributed by atoms with Crippen molar-refractivity contribution in [2.75, 3.05) is 11.9 Å². The van der Waals surface area contributed by atoms with Crippen molar-refractivity contribution < 1.29 is 4.79 Å². The fourth-order valence-corrected chi connectivity index (χ4v) is 1.93. The summed E-state index contributed by atoms with van der Waals surface area (Å²) in [6.07, 6.45) is 1.05. The molecule has 0 bridgehead atoms. The topological polar surface area (TPSA) is 55.1 Å². The summed E-state index contributed by atoms with van der Waals surface area (Å²) in [5.41, 5.74) is 6.18. The van der Waals surface area contributed by atoms with Gasteiger partial charge in [-0.05, 0) is 18.1 Å². The Balaban J connectivity index is 3.00. The van der Waals surface area contributed by atoms with Crippen LogP contribution < -0.4 is 11.1 Å². The van der Waals surface area contributed by atoms with Crippen molar-refractivity contribution in [2.24, 2.45) is 11.7 Å². The highest BCUT2D eigenvalue weighted by Crippen LogP contribution is 2.30. The van der Waals surface area contributed by atoms with Crippen LogP contribution in [0, 0.1) is 5.92 Å². The van der Waals surface area contributed by atoms with E-state index in [9.17, 15) is 4.79 Å². The maximum absolute atomic E-state index is 11.3. The highest BCUT2D eigenvalue weighted by molar-refractivity contribution is 6.37. The van der Waals surface area contributed by atoms with Gasteiger partial charge in [0.25, 0.3) is 5.91 Å². The Bertz CT molecular complexity index is 421. The van der Waals surface area contributed by atoms with Gasteiger partial charge in [0.05, 0.1) is 16.3 Å². The largest absolute Gasteiger partial charge is 0.383 e. The van der Waals surface area contributed by atoms with E-state index in [0.29, 0.717) is 27.2 Å². The number of amides is 1. The van der Waals surface area contributed by atoms with Gasteiger partial charge in [0.15, 0.2) is 0 Å². The van der Waals surface area contributed by atoms with E-state index in [1.165, 1.54) is 6.07 Å². The van der Waals surface area contributed by atoms with Crippen LogP contribution in [0.4, 0.5) is 5.69 Å². The standard InChI is InChI=1S/C12H16Cl2N2O/c1-3-7(2)6-16-11-9(12(15)17)4-8(13)5-10(11)14/h4-5,7,16H,3,6H2,1-2H3,(H2,15,17). The second-order valence-electron chi connectivity index (χ2n) is 4.07. The number of hydrogen-bond donors (Lipinski definition) is 2. The first-order valence-electron chi connectivity index (χ1n) is 5.48. The fraction of sp³-hybridized carbons (Fsp3) is 0.417. The normalized spacial score (nSPS) is 12.2. The zero-order valence-corrected chi connectivity index (χ0v) is 11.4. The van der Waals surface area contributed by atoms with Crippen molar-refractivity contribution in [3.63, 3.8) is 0 Å². The van der Waals surface area contributed by atoms with E-state index in [-0.39, 0.29) is 0 Å². The van der Waals surface area contributed by atoms with Crippen LogP contribution in [0.5, 0.6) is 0 Å². The van der Waals surface area contributed by atoms with Gasteiger partial charge in [-0.1, -0.05) is 43.5 Å². The van der Waals surface area contributed by atoms with Crippen molar-refractivity contribution in [1.29, 1.82) is 0 Å². The average molecular weight is 275 g/mol. The first kappa shape index (κ1) is 14.1. The van der Waals surface area contributed by atoms with Gasteiger partial charge in [-0.3, -0.25) is 4.79 Å². The quantitative estimate of drug-likeness (QED) is 0.863. The van der Waals surface area contributed by atoms with Crippen LogP contribution in [0.15, 0.2) is 12.1 Å². The van der Waals surface area contributed by atoms with Crippen molar-refractivity contribution in [2.45, 2.75) is 20.3 Å². The first-order valence-corrected chi connectivity index (χ1v) is 6.24. The lowest BCUT2D eigenvalue weighted by molar-refractivity contribution is 0.100. The number of nitrogens with one attached hydrogen (secondary N) is 1. The molecular weight excluding hydrogens is 259 g/mol. The van der Waals surface area contributed by atoms with Gasteiger partial charge < -0.3 is 11.1 Å². The SMILES string of the molecule is CCC(C)CNc1c(Cl)cc(Cl)cc1C(N)=O. The van der Waals surface area contributed by atoms with Crippen molar-refractivity contribution >= 4 is 34.8 Å². The highest BCUT2D eigenvalue weighted by atomic mass is 35.5. The number of halogens is 2. The lowest BCUT2D eigenvalue weighted by Gasteiger charge is -2.15. The van der Waals surface area contributed by atoms with Crippen LogP contribution in [0.1, 0.15) is 30.6 Å². The molecular formula is C12H16Cl2N2O. The monoisotopic (exact) mass is 274 g/mol. The molecule has 1 atom stereocenters. The summed E-state index contributed by atoms with van der Waals surface area (Å²) in [6, 6.07) is 3.11. The second-order valence-corrected chi connectivity index (χ2v) is 4.91. The zero-order chi connectivity index (χ0) is 13.0. The van der Waals surface area contributed by atoms with E-state index in [1.54, 1.807) is 6.07 Å². The number of carbonyl (C=O) groups excluding carboxylic acids is 1. The number of hydrogen-bond acceptors (Lipinski definition) is 2. The van der Waals surface area contributed by atoms with Gasteiger partial charge in [-0.2, -0.15) is 0 Å². The molecule has 17 heavy (non-hydrogen) atoms. The Morgan fingerprint density at radius 1 is 1.47 bits per heavy atom. The average Bonchev–Trinajstić information content (AvgIpc) is 2.26. The lowest BCUT2D eigenvalue weighted by atomic mass is 10.1. The molecule has 0 aliphatic carbocycles. The molecule has 1 unspecified atom stereocenters. The van der Waals surface area contributed by atoms with Gasteiger partial charge >= 0.3 is 0 Å². The predicted molar refractivity (Wildman–Crippen MR) is 72.9 cm³/mol. The fourth-order valence-electron chi connectivity index (χ4n) is 1.37. The summed E-state index contributed by atoms with van der Waals surface area (Å²) >= 11 is 11.9. The van der Waals surface area contributed by atoms with E-state index in [1.807, 2.05) is 0 Å². The predicted octanol–water partition coefficient (Wildman–Crippen LogP) is 3.55. The van der Waals surface area contributed by atoms with Crippen LogP contribution >= 0.6 is 23.2 Å². The molecule has 1 rings (SSSR count). The summed E-state index contributed by atoms with van der Waals surface area (Å²) in [4.78, 5) is 11.3. The summed E-state index contributed by atoms with van der Waals surface area (Å²) in [5, 5.41) is 3.96. The molecule has 0 spiro atoms. The number of anilines is 1. The minimum Gasteiger partial charge on any atom is -0.383 e. The molecule has 3 nitrogen and oxygen atoms in total. The minimum atomic E-state index is -0.541. The summed E-state index contributed by atoms with van der Waals surface area (Å²) < 4.78 is 0. The smallest absolute Gasteiger partial charge is 0.250 e. The third-order valence-corrected chi connectivity index (χ3v) is 3.16. The Morgan fingerprint density at radius 2 is 2.12 bits per heavy atom. The molecule has 0 fully saturated rings. The van der Waals surface area contributed by atoms with Crippen LogP contribution in [0.3, 0.4) is 0 Å². The van der Waals surface area contributed by atoms with E-state index in [4.69, 9.17) is 28.9 Å². The maximum atomic E-state index is 11.3. The Kier molecular flexibility index (Phi) is 5.09. The summed E-state index contributed by atoms with van der Waals surface area (Å²) in [7, 11) is 0. The van der Waals surface area contributed by atoms with Gasteiger partial charge in [0.2, 0.25) is 0 Å². The van der Waals surface area contributed by atoms with E-state index < -0.39 is 5.91 Å². The minimum absolute atomic E-state index is 0.325. The van der Waals surface area contributed by atoms with Crippen molar-refractivity contribution in [1.82, 2.24) is 0 Å². The number of benzene rings is 1. The zero-order valence-electron chi connectivity index (χ0n) is 9.89. The Morgan fingerprint density at radius 3 is 2.65 bits per heavy atom. The summed E-state index contributed by atoms with van der Waals surface area (Å²) in [6.45, 7) is 4.95. The molecule has 0 aliphatic heterocycles. The van der Waals surface area contributed by atoms with Crippen LogP contribution in [-0.2, 0) is 0 Å². The molecule has 1 amide bonds. The molecule has 1 aromatic carbocycles. The van der Waals surface area contributed by atoms with E-state index in [0.717, 1.165) is 13.0 Å². The molecule has 94 valence electrons. The number of carbonyl (C=O) groups is 1. The molecule has 5 heteroatoms. The lowest BCUT2D eigenvalue weighted by Crippen LogP contribution is -2.17.